The van der Waals surface area contributed by atoms with Gasteiger partial charge in [-0.25, -0.2) is 9.18 Å². The molecule has 0 radical (unpaired) electrons. The third-order valence-electron chi connectivity index (χ3n) is 4.69. The van der Waals surface area contributed by atoms with Crippen molar-refractivity contribution in [1.82, 2.24) is 0 Å². The monoisotopic (exact) mass is 492 g/mol. The fourth-order valence-electron chi connectivity index (χ4n) is 4.03. The van der Waals surface area contributed by atoms with Crippen LogP contribution in [-0.4, -0.2) is 37.3 Å². The van der Waals surface area contributed by atoms with Crippen LogP contribution in [0.5, 0.6) is 11.5 Å². The lowest BCUT2D eigenvalue weighted by molar-refractivity contribution is 0.0734. The van der Waals surface area contributed by atoms with E-state index in [1.54, 1.807) is 24.3 Å². The molecule has 0 aliphatic carbocycles. The minimum atomic E-state index is -1.76. The van der Waals surface area contributed by atoms with Crippen molar-refractivity contribution in [2.45, 2.75) is 64.0 Å². The summed E-state index contributed by atoms with van der Waals surface area (Å²) in [6.07, 6.45) is 0.964. The Morgan fingerprint density at radius 2 is 1.41 bits per heavy atom. The smallest absolute Gasteiger partial charge is 0.343 e. The highest BCUT2D eigenvalue weighted by atomic mass is 28.4. The summed E-state index contributed by atoms with van der Waals surface area (Å²) in [5.74, 6) is 0.174. The number of carbonyl (C=O) groups excluding carboxylic acids is 1. The minimum Gasteiger partial charge on any atom is -0.494 e. The lowest BCUT2D eigenvalue weighted by Crippen LogP contribution is -2.49. The van der Waals surface area contributed by atoms with Crippen molar-refractivity contribution in [3.63, 3.8) is 0 Å². The number of hydrogen-bond donors (Lipinski definition) is 0. The van der Waals surface area contributed by atoms with Crippen molar-refractivity contribution < 1.29 is 22.8 Å². The zero-order valence-electron chi connectivity index (χ0n) is 20.5. The van der Waals surface area contributed by atoms with Gasteiger partial charge in [-0.15, -0.1) is 0 Å². The Hall–Kier alpha value is -1.75. The van der Waals surface area contributed by atoms with E-state index in [4.69, 9.17) is 13.6 Å². The molecular weight excluding hydrogens is 456 g/mol. The second-order valence-corrected chi connectivity index (χ2v) is 25.7. The maximum Gasteiger partial charge on any atom is 0.343 e. The Labute approximate surface area is 195 Å². The summed E-state index contributed by atoms with van der Waals surface area (Å²) >= 11 is 0. The van der Waals surface area contributed by atoms with Crippen LogP contribution in [0.2, 0.25) is 57.5 Å². The number of carbonyl (C=O) groups is 1. The molecule has 176 valence electrons. The summed E-state index contributed by atoms with van der Waals surface area (Å²) in [5.41, 5.74) is 1.69. The molecule has 0 amide bonds. The molecule has 1 unspecified atom stereocenters. The highest BCUT2D eigenvalue weighted by Gasteiger charge is 2.38. The van der Waals surface area contributed by atoms with Gasteiger partial charge in [0.1, 0.15) is 17.3 Å². The molecule has 0 spiro atoms. The molecule has 0 bridgehead atoms. The molecule has 1 atom stereocenters. The van der Waals surface area contributed by atoms with E-state index < -0.39 is 30.7 Å². The van der Waals surface area contributed by atoms with Gasteiger partial charge >= 0.3 is 5.97 Å². The molecule has 2 aromatic carbocycles. The molecule has 0 aliphatic rings. The summed E-state index contributed by atoms with van der Waals surface area (Å²) in [6.45, 7) is 17.1. The van der Waals surface area contributed by atoms with E-state index in [0.717, 1.165) is 18.2 Å². The van der Waals surface area contributed by atoms with Gasteiger partial charge in [-0.1, -0.05) is 19.6 Å². The van der Waals surface area contributed by atoms with E-state index in [1.807, 2.05) is 0 Å². The van der Waals surface area contributed by atoms with E-state index >= 15 is 0 Å². The highest BCUT2D eigenvalue weighted by Crippen LogP contribution is 2.29. The quantitative estimate of drug-likeness (QED) is 0.145. The third-order valence-corrected chi connectivity index (χ3v) is 17.8. The van der Waals surface area contributed by atoms with Crippen molar-refractivity contribution in [3.8, 4) is 11.5 Å². The van der Waals surface area contributed by atoms with Gasteiger partial charge in [0.25, 0.3) is 0 Å². The SMILES string of the molecule is C[Si](C)(C)C[Si](C)(CCCOc1ccc(C(=O)Oc2ccc(F)cc2)cc1)O[Si](C)(C)C. The van der Waals surface area contributed by atoms with Crippen molar-refractivity contribution in [2.75, 3.05) is 6.61 Å². The molecule has 32 heavy (non-hydrogen) atoms. The number of ether oxygens (including phenoxy) is 2. The summed E-state index contributed by atoms with van der Waals surface area (Å²) in [5, 5.41) is 0. The summed E-state index contributed by atoms with van der Waals surface area (Å²) in [6, 6.07) is 13.4. The first-order valence-electron chi connectivity index (χ1n) is 11.2. The normalized spacial score (nSPS) is 14.0. The lowest BCUT2D eigenvalue weighted by Gasteiger charge is -2.38. The average Bonchev–Trinajstić information content (AvgIpc) is 2.64. The lowest BCUT2D eigenvalue weighted by atomic mass is 10.2. The largest absolute Gasteiger partial charge is 0.494 e. The first-order valence-corrected chi connectivity index (χ1v) is 21.1. The Morgan fingerprint density at radius 3 is 1.94 bits per heavy atom. The predicted octanol–water partition coefficient (Wildman–Crippen LogP) is 7.12. The fraction of sp³-hybridized carbons (Fsp3) is 0.458. The van der Waals surface area contributed by atoms with Crippen LogP contribution in [0.3, 0.4) is 0 Å². The number of rotatable bonds is 11. The van der Waals surface area contributed by atoms with E-state index in [0.29, 0.717) is 17.9 Å². The van der Waals surface area contributed by atoms with Gasteiger partial charge < -0.3 is 13.6 Å². The van der Waals surface area contributed by atoms with E-state index in [-0.39, 0.29) is 5.82 Å². The third kappa shape index (κ3) is 9.81. The van der Waals surface area contributed by atoms with Crippen LogP contribution in [0.15, 0.2) is 48.5 Å². The second kappa shape index (κ2) is 10.9. The number of hydrogen-bond acceptors (Lipinski definition) is 4. The van der Waals surface area contributed by atoms with Crippen molar-refractivity contribution in [3.05, 3.63) is 59.9 Å². The van der Waals surface area contributed by atoms with Crippen LogP contribution in [0.4, 0.5) is 4.39 Å². The Morgan fingerprint density at radius 1 is 0.844 bits per heavy atom. The molecule has 4 nitrogen and oxygen atoms in total. The van der Waals surface area contributed by atoms with Crippen molar-refractivity contribution in [2.24, 2.45) is 0 Å². The summed E-state index contributed by atoms with van der Waals surface area (Å²) < 4.78 is 30.9. The number of halogens is 1. The molecule has 2 aromatic rings. The first-order chi connectivity index (χ1) is 14.7. The average molecular weight is 493 g/mol. The van der Waals surface area contributed by atoms with E-state index in [9.17, 15) is 9.18 Å². The van der Waals surface area contributed by atoms with Crippen molar-refractivity contribution in [1.29, 1.82) is 0 Å². The fourth-order valence-corrected chi connectivity index (χ4v) is 21.9. The molecule has 0 N–H and O–H groups in total. The zero-order valence-corrected chi connectivity index (χ0v) is 23.5. The van der Waals surface area contributed by atoms with Crippen molar-refractivity contribution >= 4 is 30.7 Å². The molecule has 0 saturated heterocycles. The molecule has 0 saturated carbocycles. The Kier molecular flexibility index (Phi) is 9.04. The van der Waals surface area contributed by atoms with Gasteiger partial charge in [0.2, 0.25) is 0 Å². The van der Waals surface area contributed by atoms with Crippen LogP contribution < -0.4 is 9.47 Å². The first kappa shape index (κ1) is 26.5. The van der Waals surface area contributed by atoms with Gasteiger partial charge in [0.15, 0.2) is 16.6 Å². The van der Waals surface area contributed by atoms with Gasteiger partial charge in [0, 0.05) is 8.07 Å². The summed E-state index contributed by atoms with van der Waals surface area (Å²) in [4.78, 5) is 12.2. The van der Waals surface area contributed by atoms with E-state index in [1.165, 1.54) is 29.9 Å². The van der Waals surface area contributed by atoms with Gasteiger partial charge in [-0.2, -0.15) is 0 Å². The standard InChI is InChI=1S/C24H37FO4Si3/c1-30(2,3)19-32(7,29-31(4,5)6)18-8-17-27-22-13-9-20(10-14-22)24(26)28-23-15-11-21(25)12-16-23/h9-16H,8,17-19H2,1-7H3. The van der Waals surface area contributed by atoms with Crippen LogP contribution in [0.1, 0.15) is 16.8 Å². The highest BCUT2D eigenvalue weighted by molar-refractivity contribution is 6.96. The van der Waals surface area contributed by atoms with Gasteiger partial charge in [-0.3, -0.25) is 0 Å². The van der Waals surface area contributed by atoms with Crippen LogP contribution in [0.25, 0.3) is 0 Å². The Balaban J connectivity index is 1.86. The molecule has 0 fully saturated rings. The van der Waals surface area contributed by atoms with Crippen LogP contribution in [0, 0.1) is 5.82 Å². The molecule has 8 heteroatoms. The maximum atomic E-state index is 13.0. The van der Waals surface area contributed by atoms with Gasteiger partial charge in [0.05, 0.1) is 12.2 Å². The zero-order chi connectivity index (χ0) is 24.0. The van der Waals surface area contributed by atoms with E-state index in [2.05, 4.69) is 45.8 Å². The molecule has 0 aromatic heterocycles. The second-order valence-electron chi connectivity index (χ2n) is 10.7. The van der Waals surface area contributed by atoms with Crippen LogP contribution in [-0.2, 0) is 4.12 Å². The molecular formula is C24H37FO4Si3. The molecule has 2 rings (SSSR count). The molecule has 0 heterocycles. The maximum absolute atomic E-state index is 13.0. The predicted molar refractivity (Wildman–Crippen MR) is 137 cm³/mol. The van der Waals surface area contributed by atoms with Crippen LogP contribution >= 0.6 is 0 Å². The van der Waals surface area contributed by atoms with Gasteiger partial charge in [-0.05, 0) is 92.9 Å². The topological polar surface area (TPSA) is 44.8 Å². The minimum absolute atomic E-state index is 0.308. The Bertz CT molecular complexity index is 856. The summed E-state index contributed by atoms with van der Waals surface area (Å²) in [7, 11) is -4.56. The number of benzene rings is 2. The molecule has 0 aliphatic heterocycles. The number of esters is 1.